The fraction of sp³-hybridized carbons (Fsp3) is 1.00. The first-order valence-corrected chi connectivity index (χ1v) is 12.3. The van der Waals surface area contributed by atoms with Crippen LogP contribution in [0, 0.1) is 0 Å². The molecule has 0 saturated heterocycles. The number of hydrogen-bond acceptors (Lipinski definition) is 3. The molecule has 164 valence electrons. The Kier molecular flexibility index (Phi) is 23.8. The molecule has 0 atom stereocenters. The van der Waals surface area contributed by atoms with Gasteiger partial charge >= 0.3 is 0 Å². The van der Waals surface area contributed by atoms with Crippen LogP contribution in [0.15, 0.2) is 0 Å². The molecule has 3 heteroatoms. The van der Waals surface area contributed by atoms with Gasteiger partial charge in [0, 0.05) is 19.8 Å². The summed E-state index contributed by atoms with van der Waals surface area (Å²) in [6, 6.07) is 0. The highest BCUT2D eigenvalue weighted by molar-refractivity contribution is 4.54. The minimum atomic E-state index is -0.0824. The third kappa shape index (κ3) is 22.0. The Balaban J connectivity index is 3.12. The minimum Gasteiger partial charge on any atom is -0.352 e. The van der Waals surface area contributed by atoms with Crippen molar-refractivity contribution in [3.05, 3.63) is 0 Å². The van der Waals surface area contributed by atoms with Crippen LogP contribution in [-0.2, 0) is 9.47 Å². The van der Waals surface area contributed by atoms with Crippen molar-refractivity contribution in [1.29, 1.82) is 0 Å². The zero-order valence-electron chi connectivity index (χ0n) is 19.0. The van der Waals surface area contributed by atoms with Gasteiger partial charge in [0.25, 0.3) is 0 Å². The fourth-order valence-electron chi connectivity index (χ4n) is 3.56. The van der Waals surface area contributed by atoms with Crippen LogP contribution < -0.4 is 5.32 Å². The average Bonchev–Trinajstić information content (AvgIpc) is 2.67. The topological polar surface area (TPSA) is 30.5 Å². The Morgan fingerprint density at radius 3 is 1.26 bits per heavy atom. The van der Waals surface area contributed by atoms with Crippen molar-refractivity contribution in [2.24, 2.45) is 0 Å². The van der Waals surface area contributed by atoms with Gasteiger partial charge in [-0.15, -0.1) is 0 Å². The summed E-state index contributed by atoms with van der Waals surface area (Å²) in [4.78, 5) is 0. The van der Waals surface area contributed by atoms with Gasteiger partial charge in [-0.05, 0) is 26.8 Å². The Bertz CT molecular complexity index is 255. The molecule has 0 spiro atoms. The number of hydrogen-bond donors (Lipinski definition) is 1. The van der Waals surface area contributed by atoms with Crippen molar-refractivity contribution < 1.29 is 9.47 Å². The van der Waals surface area contributed by atoms with Crippen LogP contribution in [0.4, 0.5) is 0 Å². The molecule has 0 saturated carbocycles. The van der Waals surface area contributed by atoms with Crippen LogP contribution in [-0.4, -0.2) is 32.6 Å². The summed E-state index contributed by atoms with van der Waals surface area (Å²) in [7, 11) is 0. The predicted octanol–water partition coefficient (Wildman–Crippen LogP) is 7.24. The molecular formula is C24H51NO2. The molecule has 1 N–H and O–H groups in total. The SMILES string of the molecule is CCCCCCCCCCCCCCCCCCNCC(OCC)OCC. The molecule has 0 aliphatic rings. The van der Waals surface area contributed by atoms with Crippen LogP contribution in [0.3, 0.4) is 0 Å². The largest absolute Gasteiger partial charge is 0.352 e. The summed E-state index contributed by atoms with van der Waals surface area (Å²) < 4.78 is 11.1. The zero-order valence-corrected chi connectivity index (χ0v) is 19.0. The van der Waals surface area contributed by atoms with E-state index >= 15 is 0 Å². The lowest BCUT2D eigenvalue weighted by atomic mass is 10.0. The first-order valence-electron chi connectivity index (χ1n) is 12.3. The van der Waals surface area contributed by atoms with Gasteiger partial charge in [0.2, 0.25) is 0 Å². The highest BCUT2D eigenvalue weighted by Gasteiger charge is 2.06. The molecule has 0 unspecified atom stereocenters. The molecule has 0 amide bonds. The maximum absolute atomic E-state index is 5.53. The Morgan fingerprint density at radius 2 is 0.889 bits per heavy atom. The molecule has 0 aromatic heterocycles. The number of unbranched alkanes of at least 4 members (excludes halogenated alkanes) is 15. The first-order chi connectivity index (χ1) is 13.3. The van der Waals surface area contributed by atoms with Gasteiger partial charge in [-0.25, -0.2) is 0 Å². The van der Waals surface area contributed by atoms with Crippen LogP contribution in [0.25, 0.3) is 0 Å². The molecule has 0 fully saturated rings. The van der Waals surface area contributed by atoms with Crippen LogP contribution >= 0.6 is 0 Å². The van der Waals surface area contributed by atoms with E-state index in [4.69, 9.17) is 9.47 Å². The minimum absolute atomic E-state index is 0.0824. The van der Waals surface area contributed by atoms with E-state index in [0.29, 0.717) is 13.2 Å². The van der Waals surface area contributed by atoms with Gasteiger partial charge in [0.1, 0.15) is 0 Å². The second-order valence-electron chi connectivity index (χ2n) is 7.85. The third-order valence-corrected chi connectivity index (χ3v) is 5.22. The quantitative estimate of drug-likeness (QED) is 0.148. The molecule has 0 radical (unpaired) electrons. The molecule has 0 bridgehead atoms. The van der Waals surface area contributed by atoms with E-state index in [2.05, 4.69) is 12.2 Å². The van der Waals surface area contributed by atoms with Gasteiger partial charge in [0.05, 0.1) is 0 Å². The lowest BCUT2D eigenvalue weighted by molar-refractivity contribution is -0.132. The first kappa shape index (κ1) is 26.9. The van der Waals surface area contributed by atoms with Gasteiger partial charge in [-0.2, -0.15) is 0 Å². The number of rotatable bonds is 23. The summed E-state index contributed by atoms with van der Waals surface area (Å²) in [6.07, 6.45) is 22.7. The lowest BCUT2D eigenvalue weighted by Gasteiger charge is -2.17. The summed E-state index contributed by atoms with van der Waals surface area (Å²) in [5, 5.41) is 3.45. The van der Waals surface area contributed by atoms with Crippen molar-refractivity contribution in [3.8, 4) is 0 Å². The van der Waals surface area contributed by atoms with E-state index in [1.54, 1.807) is 0 Å². The molecule has 0 heterocycles. The monoisotopic (exact) mass is 385 g/mol. The normalized spacial score (nSPS) is 11.6. The van der Waals surface area contributed by atoms with Crippen molar-refractivity contribution in [2.45, 2.75) is 130 Å². The summed E-state index contributed by atoms with van der Waals surface area (Å²) in [5.74, 6) is 0. The van der Waals surface area contributed by atoms with Crippen molar-refractivity contribution in [2.75, 3.05) is 26.3 Å². The number of ether oxygens (including phenoxy) is 2. The van der Waals surface area contributed by atoms with Gasteiger partial charge in [-0.1, -0.05) is 103 Å². The van der Waals surface area contributed by atoms with E-state index in [1.165, 1.54) is 103 Å². The van der Waals surface area contributed by atoms with Crippen molar-refractivity contribution >= 4 is 0 Å². The Morgan fingerprint density at radius 1 is 0.519 bits per heavy atom. The van der Waals surface area contributed by atoms with Gasteiger partial charge < -0.3 is 14.8 Å². The third-order valence-electron chi connectivity index (χ3n) is 5.22. The Hall–Kier alpha value is -0.120. The molecular weight excluding hydrogens is 334 g/mol. The maximum atomic E-state index is 5.53. The average molecular weight is 386 g/mol. The molecule has 27 heavy (non-hydrogen) atoms. The van der Waals surface area contributed by atoms with E-state index < -0.39 is 0 Å². The summed E-state index contributed by atoms with van der Waals surface area (Å²) in [6.45, 7) is 9.64. The molecule has 0 aliphatic heterocycles. The molecule has 0 aliphatic carbocycles. The highest BCUT2D eigenvalue weighted by atomic mass is 16.7. The smallest absolute Gasteiger partial charge is 0.169 e. The van der Waals surface area contributed by atoms with Crippen LogP contribution in [0.2, 0.25) is 0 Å². The molecule has 3 nitrogen and oxygen atoms in total. The predicted molar refractivity (Wildman–Crippen MR) is 119 cm³/mol. The van der Waals surface area contributed by atoms with Gasteiger partial charge in [0.15, 0.2) is 6.29 Å². The Labute approximate surface area is 171 Å². The second kappa shape index (κ2) is 23.9. The fourth-order valence-corrected chi connectivity index (χ4v) is 3.56. The number of nitrogens with one attached hydrogen (secondary N) is 1. The molecule has 0 rings (SSSR count). The van der Waals surface area contributed by atoms with E-state index in [-0.39, 0.29) is 6.29 Å². The standard InChI is InChI=1S/C24H51NO2/c1-4-7-8-9-10-11-12-13-14-15-16-17-18-19-20-21-22-25-23-24(26-5-2)27-6-3/h24-25H,4-23H2,1-3H3. The summed E-state index contributed by atoms with van der Waals surface area (Å²) in [5.41, 5.74) is 0. The molecule has 0 aromatic rings. The lowest BCUT2D eigenvalue weighted by Crippen LogP contribution is -2.32. The van der Waals surface area contributed by atoms with Crippen LogP contribution in [0.1, 0.15) is 124 Å². The zero-order chi connectivity index (χ0) is 19.8. The molecule has 0 aromatic carbocycles. The van der Waals surface area contributed by atoms with Crippen molar-refractivity contribution in [3.63, 3.8) is 0 Å². The highest BCUT2D eigenvalue weighted by Crippen LogP contribution is 2.13. The van der Waals surface area contributed by atoms with E-state index in [9.17, 15) is 0 Å². The van der Waals surface area contributed by atoms with Gasteiger partial charge in [-0.3, -0.25) is 0 Å². The van der Waals surface area contributed by atoms with Crippen molar-refractivity contribution in [1.82, 2.24) is 5.32 Å². The maximum Gasteiger partial charge on any atom is 0.169 e. The van der Waals surface area contributed by atoms with E-state index in [0.717, 1.165) is 13.1 Å². The van der Waals surface area contributed by atoms with Crippen LogP contribution in [0.5, 0.6) is 0 Å². The summed E-state index contributed by atoms with van der Waals surface area (Å²) >= 11 is 0. The second-order valence-corrected chi connectivity index (χ2v) is 7.85. The van der Waals surface area contributed by atoms with E-state index in [1.807, 2.05) is 13.8 Å².